The molecule has 0 amide bonds. The predicted molar refractivity (Wildman–Crippen MR) is 84.6 cm³/mol. The molecule has 1 heterocycles. The third kappa shape index (κ3) is 3.01. The summed E-state index contributed by atoms with van der Waals surface area (Å²) in [4.78, 5) is 0. The van der Waals surface area contributed by atoms with Gasteiger partial charge in [0.2, 0.25) is 5.16 Å². The first-order valence-electron chi connectivity index (χ1n) is 6.25. The second-order valence-electron chi connectivity index (χ2n) is 4.31. The number of thioether (sulfide) groups is 1. The van der Waals surface area contributed by atoms with Crippen LogP contribution in [-0.2, 0) is 5.75 Å². The Morgan fingerprint density at radius 3 is 2.67 bits per heavy atom. The Morgan fingerprint density at radius 2 is 1.90 bits per heavy atom. The van der Waals surface area contributed by atoms with Crippen molar-refractivity contribution in [3.63, 3.8) is 0 Å². The summed E-state index contributed by atoms with van der Waals surface area (Å²) >= 11 is 7.67. The fraction of sp³-hybridized carbons (Fsp3) is 0.0714. The van der Waals surface area contributed by atoms with Crippen molar-refractivity contribution in [2.75, 3.05) is 5.73 Å². The zero-order valence-corrected chi connectivity index (χ0v) is 12.6. The second-order valence-corrected chi connectivity index (χ2v) is 5.65. The topological polar surface area (TPSA) is 69.6 Å². The molecule has 7 heteroatoms. The summed E-state index contributed by atoms with van der Waals surface area (Å²) in [5.41, 5.74) is 8.44. The van der Waals surface area contributed by atoms with Crippen LogP contribution in [0.1, 0.15) is 5.56 Å². The van der Waals surface area contributed by atoms with Gasteiger partial charge in [-0.3, -0.25) is 0 Å². The van der Waals surface area contributed by atoms with E-state index in [0.717, 1.165) is 11.3 Å². The van der Waals surface area contributed by atoms with E-state index in [1.54, 1.807) is 4.68 Å². The van der Waals surface area contributed by atoms with Crippen LogP contribution in [0.3, 0.4) is 0 Å². The van der Waals surface area contributed by atoms with E-state index in [2.05, 4.69) is 15.5 Å². The molecule has 0 bridgehead atoms. The number of rotatable bonds is 4. The van der Waals surface area contributed by atoms with Gasteiger partial charge in [0, 0.05) is 22.0 Å². The van der Waals surface area contributed by atoms with Crippen LogP contribution >= 0.6 is 23.4 Å². The van der Waals surface area contributed by atoms with Crippen molar-refractivity contribution >= 4 is 29.1 Å². The summed E-state index contributed by atoms with van der Waals surface area (Å²) in [6.07, 6.45) is 0. The molecule has 0 aliphatic carbocycles. The lowest BCUT2D eigenvalue weighted by Crippen LogP contribution is -1.99. The first-order valence-corrected chi connectivity index (χ1v) is 7.61. The molecule has 0 saturated heterocycles. The first-order chi connectivity index (χ1) is 10.3. The van der Waals surface area contributed by atoms with E-state index < -0.39 is 0 Å². The van der Waals surface area contributed by atoms with Crippen LogP contribution in [0.5, 0.6) is 0 Å². The number of hydrogen-bond acceptors (Lipinski definition) is 5. The van der Waals surface area contributed by atoms with Crippen molar-refractivity contribution in [2.24, 2.45) is 0 Å². The van der Waals surface area contributed by atoms with Crippen LogP contribution in [0.4, 0.5) is 5.69 Å². The zero-order valence-electron chi connectivity index (χ0n) is 11.0. The third-order valence-electron chi connectivity index (χ3n) is 2.94. The summed E-state index contributed by atoms with van der Waals surface area (Å²) in [5, 5.41) is 13.1. The van der Waals surface area contributed by atoms with E-state index in [4.69, 9.17) is 17.3 Å². The largest absolute Gasteiger partial charge is 0.398 e. The average Bonchev–Trinajstić information content (AvgIpc) is 2.96. The normalized spacial score (nSPS) is 10.7. The number of benzene rings is 2. The molecule has 0 radical (unpaired) electrons. The molecule has 21 heavy (non-hydrogen) atoms. The number of para-hydroxylation sites is 1. The highest BCUT2D eigenvalue weighted by atomic mass is 35.5. The molecule has 0 saturated carbocycles. The van der Waals surface area contributed by atoms with Gasteiger partial charge in [-0.25, -0.2) is 0 Å². The Morgan fingerprint density at radius 1 is 1.10 bits per heavy atom. The number of halogens is 1. The SMILES string of the molecule is Nc1cccc(Cl)c1CSc1nnnn1-c1ccccc1. The van der Waals surface area contributed by atoms with Crippen molar-refractivity contribution in [1.82, 2.24) is 20.2 Å². The van der Waals surface area contributed by atoms with E-state index >= 15 is 0 Å². The molecule has 106 valence electrons. The Labute approximate surface area is 131 Å². The van der Waals surface area contributed by atoms with E-state index in [-0.39, 0.29) is 0 Å². The highest BCUT2D eigenvalue weighted by Crippen LogP contribution is 2.29. The Bertz CT molecular complexity index is 724. The summed E-state index contributed by atoms with van der Waals surface area (Å²) < 4.78 is 1.69. The molecule has 3 aromatic rings. The van der Waals surface area contributed by atoms with Crippen LogP contribution in [0.15, 0.2) is 53.7 Å². The van der Waals surface area contributed by atoms with E-state index in [9.17, 15) is 0 Å². The van der Waals surface area contributed by atoms with Crippen LogP contribution in [0.25, 0.3) is 5.69 Å². The second kappa shape index (κ2) is 6.15. The molecular weight excluding hydrogens is 306 g/mol. The van der Waals surface area contributed by atoms with Gasteiger partial charge in [-0.05, 0) is 34.7 Å². The molecule has 0 unspecified atom stereocenters. The summed E-state index contributed by atoms with van der Waals surface area (Å²) in [6, 6.07) is 15.2. The Balaban J connectivity index is 1.83. The number of tetrazole rings is 1. The van der Waals surface area contributed by atoms with Gasteiger partial charge in [-0.15, -0.1) is 5.10 Å². The minimum absolute atomic E-state index is 0.610. The van der Waals surface area contributed by atoms with Gasteiger partial charge in [-0.2, -0.15) is 4.68 Å². The van der Waals surface area contributed by atoms with Crippen molar-refractivity contribution in [3.05, 3.63) is 59.1 Å². The molecule has 2 N–H and O–H groups in total. The van der Waals surface area contributed by atoms with Crippen molar-refractivity contribution < 1.29 is 0 Å². The maximum absolute atomic E-state index is 6.17. The van der Waals surface area contributed by atoms with E-state index in [1.165, 1.54) is 11.8 Å². The Kier molecular flexibility index (Phi) is 4.08. The summed E-state index contributed by atoms with van der Waals surface area (Å²) in [6.45, 7) is 0. The molecule has 5 nitrogen and oxygen atoms in total. The van der Waals surface area contributed by atoms with Gasteiger partial charge < -0.3 is 5.73 Å². The third-order valence-corrected chi connectivity index (χ3v) is 4.24. The quantitative estimate of drug-likeness (QED) is 0.591. The van der Waals surface area contributed by atoms with Crippen LogP contribution in [0, 0.1) is 0 Å². The number of aromatic nitrogens is 4. The summed E-state index contributed by atoms with van der Waals surface area (Å²) in [5.74, 6) is 0.610. The van der Waals surface area contributed by atoms with Crippen molar-refractivity contribution in [3.8, 4) is 5.69 Å². The van der Waals surface area contributed by atoms with Crippen LogP contribution in [-0.4, -0.2) is 20.2 Å². The van der Waals surface area contributed by atoms with E-state index in [1.807, 2.05) is 48.5 Å². The van der Waals surface area contributed by atoms with Gasteiger partial charge >= 0.3 is 0 Å². The Hall–Kier alpha value is -2.05. The molecule has 2 aromatic carbocycles. The highest BCUT2D eigenvalue weighted by Gasteiger charge is 2.11. The molecule has 0 aliphatic heterocycles. The smallest absolute Gasteiger partial charge is 0.214 e. The molecule has 0 aliphatic rings. The summed E-state index contributed by atoms with van der Waals surface area (Å²) in [7, 11) is 0. The minimum Gasteiger partial charge on any atom is -0.398 e. The molecular formula is C14H12ClN5S. The van der Waals surface area contributed by atoms with Crippen molar-refractivity contribution in [1.29, 1.82) is 0 Å². The fourth-order valence-electron chi connectivity index (χ4n) is 1.86. The first kappa shape index (κ1) is 13.9. The zero-order chi connectivity index (χ0) is 14.7. The lowest BCUT2D eigenvalue weighted by Gasteiger charge is -2.07. The van der Waals surface area contributed by atoms with Gasteiger partial charge in [0.25, 0.3) is 0 Å². The number of nitrogen functional groups attached to an aromatic ring is 1. The fourth-order valence-corrected chi connectivity index (χ4v) is 3.15. The highest BCUT2D eigenvalue weighted by molar-refractivity contribution is 7.98. The van der Waals surface area contributed by atoms with Gasteiger partial charge in [-0.1, -0.05) is 47.6 Å². The standard InChI is InChI=1S/C14H12ClN5S/c15-12-7-4-8-13(16)11(12)9-21-14-17-18-19-20(14)10-5-2-1-3-6-10/h1-8H,9,16H2. The minimum atomic E-state index is 0.610. The molecule has 0 spiro atoms. The van der Waals surface area contributed by atoms with Crippen molar-refractivity contribution in [2.45, 2.75) is 10.9 Å². The van der Waals surface area contributed by atoms with E-state index in [0.29, 0.717) is 21.6 Å². The predicted octanol–water partition coefficient (Wildman–Crippen LogP) is 3.19. The molecule has 1 aromatic heterocycles. The van der Waals surface area contributed by atoms with Crippen LogP contribution in [0.2, 0.25) is 5.02 Å². The maximum atomic E-state index is 6.17. The van der Waals surface area contributed by atoms with Gasteiger partial charge in [0.15, 0.2) is 0 Å². The number of anilines is 1. The molecule has 3 rings (SSSR count). The number of nitrogens with zero attached hydrogens (tertiary/aromatic N) is 4. The molecule has 0 fully saturated rings. The average molecular weight is 318 g/mol. The monoisotopic (exact) mass is 317 g/mol. The molecule has 0 atom stereocenters. The lowest BCUT2D eigenvalue weighted by molar-refractivity contribution is 0.756. The number of nitrogens with two attached hydrogens (primary N) is 1. The number of hydrogen-bond donors (Lipinski definition) is 1. The maximum Gasteiger partial charge on any atom is 0.214 e. The van der Waals surface area contributed by atoms with Gasteiger partial charge in [0.05, 0.1) is 5.69 Å². The lowest BCUT2D eigenvalue weighted by atomic mass is 10.2. The van der Waals surface area contributed by atoms with Gasteiger partial charge in [0.1, 0.15) is 0 Å². The van der Waals surface area contributed by atoms with Crippen LogP contribution < -0.4 is 5.73 Å².